The first-order valence-corrected chi connectivity index (χ1v) is 5.88. The fourth-order valence-corrected chi connectivity index (χ4v) is 1.43. The zero-order valence-corrected chi connectivity index (χ0v) is 11.3. The van der Waals surface area contributed by atoms with E-state index < -0.39 is 47.8 Å². The number of nitrogens with zero attached hydrogens (tertiary/aromatic N) is 2. The van der Waals surface area contributed by atoms with Gasteiger partial charge in [-0.3, -0.25) is 0 Å². The van der Waals surface area contributed by atoms with Gasteiger partial charge >= 0.3 is 11.6 Å². The predicted molar refractivity (Wildman–Crippen MR) is 58.7 cm³/mol. The van der Waals surface area contributed by atoms with Gasteiger partial charge in [-0.2, -0.15) is 32.5 Å². The summed E-state index contributed by atoms with van der Waals surface area (Å²) >= 11 is 9.24. The summed E-state index contributed by atoms with van der Waals surface area (Å²) in [7, 11) is 0. The third-order valence-electron chi connectivity index (χ3n) is 2.54. The van der Waals surface area contributed by atoms with E-state index >= 15 is 0 Å². The standard InChI is InChI=1S/C10H8Cl2F6N2/c11-8(13,10(12,17)18)3-1-7(5-19,6-20)2-4-9(14,15)16/h1-4H2. The second-order valence-electron chi connectivity index (χ2n) is 4.12. The van der Waals surface area contributed by atoms with Gasteiger partial charge in [0.05, 0.1) is 12.1 Å². The maximum Gasteiger partial charge on any atom is 0.389 e. The first-order chi connectivity index (χ1) is 8.79. The highest BCUT2D eigenvalue weighted by Crippen LogP contribution is 2.45. The second kappa shape index (κ2) is 6.28. The summed E-state index contributed by atoms with van der Waals surface area (Å²) in [6.45, 7) is 0. The molecule has 0 aliphatic carbocycles. The minimum Gasteiger partial charge on any atom is -0.218 e. The molecule has 0 aromatic heterocycles. The Labute approximate surface area is 120 Å². The summed E-state index contributed by atoms with van der Waals surface area (Å²) in [6.07, 6.45) is -9.23. The van der Waals surface area contributed by atoms with E-state index in [1.165, 1.54) is 12.1 Å². The topological polar surface area (TPSA) is 47.6 Å². The van der Waals surface area contributed by atoms with Crippen molar-refractivity contribution in [1.29, 1.82) is 10.5 Å². The van der Waals surface area contributed by atoms with Crippen LogP contribution < -0.4 is 0 Å². The number of nitriles is 2. The zero-order chi connectivity index (χ0) is 16.2. The first kappa shape index (κ1) is 19.1. The zero-order valence-electron chi connectivity index (χ0n) is 9.75. The van der Waals surface area contributed by atoms with Crippen molar-refractivity contribution in [3.8, 4) is 12.1 Å². The lowest BCUT2D eigenvalue weighted by molar-refractivity contribution is -0.138. The molecule has 0 spiro atoms. The number of halogens is 8. The molecule has 0 aromatic carbocycles. The Kier molecular flexibility index (Phi) is 6.01. The molecule has 1 atom stereocenters. The van der Waals surface area contributed by atoms with E-state index in [2.05, 4.69) is 11.6 Å². The molecule has 0 radical (unpaired) electrons. The Bertz CT molecular complexity index is 401. The molecule has 10 heteroatoms. The summed E-state index contributed by atoms with van der Waals surface area (Å²) in [5.74, 6) is 0. The maximum absolute atomic E-state index is 13.3. The van der Waals surface area contributed by atoms with Crippen LogP contribution in [0.3, 0.4) is 0 Å². The lowest BCUT2D eigenvalue weighted by atomic mass is 9.81. The van der Waals surface area contributed by atoms with Crippen molar-refractivity contribution in [3.63, 3.8) is 0 Å². The minimum atomic E-state index is -4.64. The molecule has 0 amide bonds. The van der Waals surface area contributed by atoms with Crippen LogP contribution in [0.5, 0.6) is 0 Å². The second-order valence-corrected chi connectivity index (χ2v) is 5.20. The van der Waals surface area contributed by atoms with Crippen LogP contribution in [0.2, 0.25) is 0 Å². The SMILES string of the molecule is N#CC(C#N)(CCC(F)(F)F)CCC(F)(Cl)C(F)(F)Cl. The summed E-state index contributed by atoms with van der Waals surface area (Å²) in [5, 5.41) is 9.26. The van der Waals surface area contributed by atoms with Gasteiger partial charge in [0, 0.05) is 12.8 Å². The summed E-state index contributed by atoms with van der Waals surface area (Å²) in [5.41, 5.74) is -2.26. The molecule has 2 nitrogen and oxygen atoms in total. The molecular formula is C10H8Cl2F6N2. The van der Waals surface area contributed by atoms with E-state index in [1.807, 2.05) is 0 Å². The van der Waals surface area contributed by atoms with E-state index in [0.717, 1.165) is 0 Å². The Morgan fingerprint density at radius 3 is 1.45 bits per heavy atom. The smallest absolute Gasteiger partial charge is 0.218 e. The maximum atomic E-state index is 13.3. The molecule has 0 aromatic rings. The van der Waals surface area contributed by atoms with Crippen LogP contribution in [0.4, 0.5) is 26.3 Å². The molecule has 1 unspecified atom stereocenters. The van der Waals surface area contributed by atoms with Crippen LogP contribution in [0.15, 0.2) is 0 Å². The lowest BCUT2D eigenvalue weighted by Gasteiger charge is -2.26. The van der Waals surface area contributed by atoms with E-state index in [0.29, 0.717) is 0 Å². The third kappa shape index (κ3) is 5.64. The van der Waals surface area contributed by atoms with Crippen LogP contribution in [-0.4, -0.2) is 16.7 Å². The van der Waals surface area contributed by atoms with Crippen LogP contribution in [0, 0.1) is 28.1 Å². The molecule has 0 fully saturated rings. The average molecular weight is 341 g/mol. The fourth-order valence-electron chi connectivity index (χ4n) is 1.24. The van der Waals surface area contributed by atoms with E-state index in [4.69, 9.17) is 22.1 Å². The van der Waals surface area contributed by atoms with Crippen molar-refractivity contribution < 1.29 is 26.3 Å². The fraction of sp³-hybridized carbons (Fsp3) is 0.800. The van der Waals surface area contributed by atoms with E-state index in [1.54, 1.807) is 0 Å². The Balaban J connectivity index is 4.90. The minimum absolute atomic E-state index is 0.904. The van der Waals surface area contributed by atoms with Gasteiger partial charge in [-0.05, 0) is 24.4 Å². The molecular weight excluding hydrogens is 333 g/mol. The van der Waals surface area contributed by atoms with Crippen LogP contribution >= 0.6 is 23.2 Å². The monoisotopic (exact) mass is 340 g/mol. The molecule has 0 bridgehead atoms. The quantitative estimate of drug-likeness (QED) is 0.511. The largest absolute Gasteiger partial charge is 0.389 e. The highest BCUT2D eigenvalue weighted by Gasteiger charge is 2.53. The molecule has 0 saturated heterocycles. The highest BCUT2D eigenvalue weighted by atomic mass is 35.5. The van der Waals surface area contributed by atoms with Crippen LogP contribution in [-0.2, 0) is 0 Å². The molecule has 114 valence electrons. The highest BCUT2D eigenvalue weighted by molar-refractivity contribution is 6.32. The Morgan fingerprint density at radius 2 is 1.15 bits per heavy atom. The Hall–Kier alpha value is -0.860. The third-order valence-corrected chi connectivity index (χ3v) is 3.37. The van der Waals surface area contributed by atoms with Crippen LogP contribution in [0.25, 0.3) is 0 Å². The Morgan fingerprint density at radius 1 is 0.750 bits per heavy atom. The van der Waals surface area contributed by atoms with Crippen molar-refractivity contribution >= 4 is 23.2 Å². The van der Waals surface area contributed by atoms with Gasteiger partial charge in [0.15, 0.2) is 0 Å². The van der Waals surface area contributed by atoms with E-state index in [-0.39, 0.29) is 0 Å². The van der Waals surface area contributed by atoms with Gasteiger partial charge in [0.2, 0.25) is 0 Å². The molecule has 0 saturated carbocycles. The van der Waals surface area contributed by atoms with Gasteiger partial charge in [-0.15, -0.1) is 0 Å². The predicted octanol–water partition coefficient (Wildman–Crippen LogP) is 4.88. The van der Waals surface area contributed by atoms with Crippen molar-refractivity contribution in [2.75, 3.05) is 0 Å². The van der Waals surface area contributed by atoms with Crippen molar-refractivity contribution in [2.24, 2.45) is 5.41 Å². The van der Waals surface area contributed by atoms with Gasteiger partial charge < -0.3 is 0 Å². The average Bonchev–Trinajstić information content (AvgIpc) is 2.27. The molecule has 0 N–H and O–H groups in total. The first-order valence-electron chi connectivity index (χ1n) is 5.12. The van der Waals surface area contributed by atoms with E-state index in [9.17, 15) is 26.3 Å². The molecule has 0 aliphatic rings. The molecule has 20 heavy (non-hydrogen) atoms. The number of hydrogen-bond donors (Lipinski definition) is 0. The molecule has 0 rings (SSSR count). The summed E-state index contributed by atoms with van der Waals surface area (Å²) in [4.78, 5) is 0. The van der Waals surface area contributed by atoms with Crippen molar-refractivity contribution in [1.82, 2.24) is 0 Å². The molecule has 0 heterocycles. The van der Waals surface area contributed by atoms with Gasteiger partial charge in [-0.1, -0.05) is 11.6 Å². The van der Waals surface area contributed by atoms with Gasteiger partial charge in [-0.25, -0.2) is 4.39 Å². The van der Waals surface area contributed by atoms with Crippen molar-refractivity contribution in [2.45, 2.75) is 42.4 Å². The van der Waals surface area contributed by atoms with Crippen molar-refractivity contribution in [3.05, 3.63) is 0 Å². The molecule has 0 aliphatic heterocycles. The lowest BCUT2D eigenvalue weighted by Crippen LogP contribution is -2.36. The van der Waals surface area contributed by atoms with Gasteiger partial charge in [0.1, 0.15) is 5.41 Å². The van der Waals surface area contributed by atoms with Gasteiger partial charge in [0.25, 0.3) is 5.13 Å². The number of rotatable bonds is 6. The normalized spacial score (nSPS) is 16.1. The number of alkyl halides is 8. The number of hydrogen-bond acceptors (Lipinski definition) is 2. The van der Waals surface area contributed by atoms with Crippen LogP contribution in [0.1, 0.15) is 25.7 Å². The summed E-state index contributed by atoms with van der Waals surface area (Å²) < 4.78 is 74.6. The summed E-state index contributed by atoms with van der Waals surface area (Å²) in [6, 6.07) is 2.57.